The lowest BCUT2D eigenvalue weighted by atomic mass is 9.89. The van der Waals surface area contributed by atoms with Gasteiger partial charge in [0.05, 0.1) is 11.5 Å². The first-order valence-corrected chi connectivity index (χ1v) is 8.88. The van der Waals surface area contributed by atoms with Gasteiger partial charge in [0.1, 0.15) is 11.3 Å². The van der Waals surface area contributed by atoms with Crippen LogP contribution in [0.4, 0.5) is 5.69 Å². The minimum atomic E-state index is -1.38. The van der Waals surface area contributed by atoms with Crippen LogP contribution in [0.3, 0.4) is 0 Å². The standard InChI is InChI=1S/C18H24N2O6/c21-17(19-12-13-5-2-1-3-6-13)7-4-10-26-14-8-9-16(20(24)25)15(11-14)18(22)23/h8-9,11,13H,1-7,10,12H2,(H,19,21)(H,22,23). The highest BCUT2D eigenvalue weighted by Gasteiger charge is 2.20. The fourth-order valence-corrected chi connectivity index (χ4v) is 3.10. The molecule has 1 aliphatic carbocycles. The Morgan fingerprint density at radius 2 is 2.00 bits per heavy atom. The molecule has 1 fully saturated rings. The summed E-state index contributed by atoms with van der Waals surface area (Å²) in [6, 6.07) is 3.59. The van der Waals surface area contributed by atoms with Crippen molar-refractivity contribution in [2.75, 3.05) is 13.2 Å². The number of nitrogens with zero attached hydrogens (tertiary/aromatic N) is 1. The summed E-state index contributed by atoms with van der Waals surface area (Å²) in [5.41, 5.74) is -0.898. The molecule has 8 nitrogen and oxygen atoms in total. The first-order valence-electron chi connectivity index (χ1n) is 8.88. The van der Waals surface area contributed by atoms with E-state index in [2.05, 4.69) is 5.32 Å². The Kier molecular flexibility index (Phi) is 7.37. The Hall–Kier alpha value is -2.64. The molecule has 0 aromatic heterocycles. The van der Waals surface area contributed by atoms with Crippen molar-refractivity contribution in [1.82, 2.24) is 5.32 Å². The average Bonchev–Trinajstić information content (AvgIpc) is 2.64. The van der Waals surface area contributed by atoms with Gasteiger partial charge in [-0.2, -0.15) is 0 Å². The van der Waals surface area contributed by atoms with Gasteiger partial charge in [-0.15, -0.1) is 0 Å². The maximum absolute atomic E-state index is 11.8. The van der Waals surface area contributed by atoms with E-state index in [9.17, 15) is 19.7 Å². The number of nitro benzene ring substituents is 1. The number of carboxylic acids is 1. The number of nitrogens with one attached hydrogen (secondary N) is 1. The molecule has 26 heavy (non-hydrogen) atoms. The van der Waals surface area contributed by atoms with E-state index in [0.717, 1.165) is 18.7 Å². The van der Waals surface area contributed by atoms with E-state index in [-0.39, 0.29) is 18.3 Å². The van der Waals surface area contributed by atoms with Gasteiger partial charge in [0.25, 0.3) is 5.69 Å². The number of hydrogen-bond acceptors (Lipinski definition) is 5. The van der Waals surface area contributed by atoms with Crippen molar-refractivity contribution in [1.29, 1.82) is 0 Å². The largest absolute Gasteiger partial charge is 0.494 e. The summed E-state index contributed by atoms with van der Waals surface area (Å²) in [6.45, 7) is 0.956. The van der Waals surface area contributed by atoms with Gasteiger partial charge in [0.15, 0.2) is 0 Å². The molecule has 1 aromatic carbocycles. The van der Waals surface area contributed by atoms with Crippen molar-refractivity contribution in [2.24, 2.45) is 5.92 Å². The Morgan fingerprint density at radius 1 is 1.27 bits per heavy atom. The number of rotatable bonds is 9. The molecular weight excluding hydrogens is 340 g/mol. The second-order valence-corrected chi connectivity index (χ2v) is 6.50. The highest BCUT2D eigenvalue weighted by Crippen LogP contribution is 2.24. The van der Waals surface area contributed by atoms with Gasteiger partial charge in [-0.25, -0.2) is 4.79 Å². The van der Waals surface area contributed by atoms with Gasteiger partial charge in [0.2, 0.25) is 5.91 Å². The molecule has 1 aliphatic rings. The summed E-state index contributed by atoms with van der Waals surface area (Å²) in [5.74, 6) is -0.590. The van der Waals surface area contributed by atoms with E-state index >= 15 is 0 Å². The SMILES string of the molecule is O=C(CCCOc1ccc([N+](=O)[O-])c(C(=O)O)c1)NCC1CCCCC1. The molecule has 1 saturated carbocycles. The van der Waals surface area contributed by atoms with Crippen molar-refractivity contribution >= 4 is 17.6 Å². The third-order valence-electron chi connectivity index (χ3n) is 4.52. The minimum absolute atomic E-state index is 0.0194. The lowest BCUT2D eigenvalue weighted by molar-refractivity contribution is -0.385. The normalized spacial score (nSPS) is 14.6. The zero-order valence-electron chi connectivity index (χ0n) is 14.6. The molecule has 8 heteroatoms. The van der Waals surface area contributed by atoms with Gasteiger partial charge >= 0.3 is 5.97 Å². The van der Waals surface area contributed by atoms with Gasteiger partial charge in [0, 0.05) is 25.1 Å². The number of benzene rings is 1. The Labute approximate surface area is 151 Å². The average molecular weight is 364 g/mol. The van der Waals surface area contributed by atoms with E-state index in [4.69, 9.17) is 9.84 Å². The van der Waals surface area contributed by atoms with E-state index in [0.29, 0.717) is 18.8 Å². The van der Waals surface area contributed by atoms with Crippen LogP contribution in [-0.4, -0.2) is 35.1 Å². The number of nitro groups is 1. The topological polar surface area (TPSA) is 119 Å². The lowest BCUT2D eigenvalue weighted by Crippen LogP contribution is -2.30. The molecule has 0 heterocycles. The van der Waals surface area contributed by atoms with Crippen LogP contribution < -0.4 is 10.1 Å². The van der Waals surface area contributed by atoms with E-state index in [1.807, 2.05) is 0 Å². The molecule has 0 atom stereocenters. The van der Waals surface area contributed by atoms with Crippen LogP contribution in [0.5, 0.6) is 5.75 Å². The van der Waals surface area contributed by atoms with Crippen molar-refractivity contribution in [3.8, 4) is 5.75 Å². The smallest absolute Gasteiger partial charge is 0.342 e. The van der Waals surface area contributed by atoms with Gasteiger partial charge in [-0.05, 0) is 31.2 Å². The van der Waals surface area contributed by atoms with Gasteiger partial charge in [-0.3, -0.25) is 14.9 Å². The fraction of sp³-hybridized carbons (Fsp3) is 0.556. The van der Waals surface area contributed by atoms with E-state index < -0.39 is 22.1 Å². The molecular formula is C18H24N2O6. The third kappa shape index (κ3) is 6.02. The highest BCUT2D eigenvalue weighted by molar-refractivity contribution is 5.92. The van der Waals surface area contributed by atoms with Crippen LogP contribution >= 0.6 is 0 Å². The highest BCUT2D eigenvalue weighted by atomic mass is 16.6. The third-order valence-corrected chi connectivity index (χ3v) is 4.52. The number of ether oxygens (including phenoxy) is 1. The summed E-state index contributed by atoms with van der Waals surface area (Å²) >= 11 is 0. The van der Waals surface area contributed by atoms with Crippen LogP contribution in [-0.2, 0) is 4.79 Å². The predicted octanol–water partition coefficient (Wildman–Crippen LogP) is 3.15. The number of hydrogen-bond donors (Lipinski definition) is 2. The maximum Gasteiger partial charge on any atom is 0.342 e. The molecule has 0 saturated heterocycles. The zero-order valence-corrected chi connectivity index (χ0v) is 14.6. The number of carboxylic acid groups (broad SMARTS) is 1. The van der Waals surface area contributed by atoms with E-state index in [1.54, 1.807) is 0 Å². The molecule has 2 rings (SSSR count). The van der Waals surface area contributed by atoms with Crippen molar-refractivity contribution in [3.05, 3.63) is 33.9 Å². The zero-order chi connectivity index (χ0) is 18.9. The van der Waals surface area contributed by atoms with Crippen LogP contribution in [0.1, 0.15) is 55.3 Å². The van der Waals surface area contributed by atoms with Gasteiger partial charge < -0.3 is 15.2 Å². The monoisotopic (exact) mass is 364 g/mol. The molecule has 0 aliphatic heterocycles. The van der Waals surface area contributed by atoms with Crippen LogP contribution in [0, 0.1) is 16.0 Å². The summed E-state index contributed by atoms with van der Waals surface area (Å²) in [5, 5.41) is 22.8. The maximum atomic E-state index is 11.8. The van der Waals surface area contributed by atoms with Crippen LogP contribution in [0.15, 0.2) is 18.2 Å². The molecule has 1 aromatic rings. The van der Waals surface area contributed by atoms with Gasteiger partial charge in [-0.1, -0.05) is 19.3 Å². The molecule has 0 unspecified atom stereocenters. The molecule has 1 amide bonds. The number of carbonyl (C=O) groups excluding carboxylic acids is 1. The van der Waals surface area contributed by atoms with Crippen LogP contribution in [0.25, 0.3) is 0 Å². The first kappa shape index (κ1) is 19.7. The molecule has 0 bridgehead atoms. The summed E-state index contributed by atoms with van der Waals surface area (Å²) in [4.78, 5) is 33.0. The summed E-state index contributed by atoms with van der Waals surface area (Å²) in [7, 11) is 0. The molecule has 0 radical (unpaired) electrons. The van der Waals surface area contributed by atoms with Crippen LogP contribution in [0.2, 0.25) is 0 Å². The van der Waals surface area contributed by atoms with Crippen molar-refractivity contribution < 1.29 is 24.4 Å². The second-order valence-electron chi connectivity index (χ2n) is 6.50. The first-order chi connectivity index (χ1) is 12.5. The second kappa shape index (κ2) is 9.74. The number of aromatic carboxylic acids is 1. The van der Waals surface area contributed by atoms with E-state index in [1.165, 1.54) is 38.2 Å². The Balaban J connectivity index is 1.72. The van der Waals surface area contributed by atoms with Crippen molar-refractivity contribution in [3.63, 3.8) is 0 Å². The Morgan fingerprint density at radius 3 is 2.65 bits per heavy atom. The summed E-state index contributed by atoms with van der Waals surface area (Å²) in [6.07, 6.45) is 6.92. The van der Waals surface area contributed by atoms with Crippen molar-refractivity contribution in [2.45, 2.75) is 44.9 Å². The summed E-state index contributed by atoms with van der Waals surface area (Å²) < 4.78 is 5.41. The molecule has 142 valence electrons. The number of amides is 1. The molecule has 2 N–H and O–H groups in total. The minimum Gasteiger partial charge on any atom is -0.494 e. The fourth-order valence-electron chi connectivity index (χ4n) is 3.10. The number of carbonyl (C=O) groups is 2. The molecule has 0 spiro atoms. The quantitative estimate of drug-likeness (QED) is 0.395. The Bertz CT molecular complexity index is 655. The predicted molar refractivity (Wildman–Crippen MR) is 94.4 cm³/mol. The lowest BCUT2D eigenvalue weighted by Gasteiger charge is -2.21.